The number of nitrogens with two attached hydrogens (primary N) is 1. The number of rotatable bonds is 4. The molecule has 170 valence electrons. The van der Waals surface area contributed by atoms with E-state index in [0.717, 1.165) is 53.5 Å². The number of aromatic amines is 1. The molecule has 1 amide bonds. The van der Waals surface area contributed by atoms with Crippen molar-refractivity contribution in [3.05, 3.63) is 60.3 Å². The zero-order chi connectivity index (χ0) is 23.2. The van der Waals surface area contributed by atoms with Gasteiger partial charge in [0.25, 0.3) is 0 Å². The second-order valence-corrected chi connectivity index (χ2v) is 9.54. The highest BCUT2D eigenvalue weighted by molar-refractivity contribution is 6.13. The van der Waals surface area contributed by atoms with Crippen LogP contribution in [0.2, 0.25) is 0 Å². The summed E-state index contributed by atoms with van der Waals surface area (Å²) in [4.78, 5) is 35.1. The van der Waals surface area contributed by atoms with Gasteiger partial charge in [-0.15, -0.1) is 0 Å². The number of fused-ring (bicyclic) bond motifs is 1. The minimum absolute atomic E-state index is 0.0750. The van der Waals surface area contributed by atoms with E-state index in [0.29, 0.717) is 18.2 Å². The van der Waals surface area contributed by atoms with Crippen molar-refractivity contribution in [2.45, 2.75) is 38.6 Å². The number of likely N-dealkylation sites (tertiary alicyclic amines) is 1. The molecule has 0 spiro atoms. The number of Topliss-reactive ketones (excluding diaryl/α,β-unsaturated/α-hetero) is 1. The maximum atomic E-state index is 13.6. The molecule has 6 nitrogen and oxygen atoms in total. The van der Waals surface area contributed by atoms with E-state index in [1.54, 1.807) is 6.92 Å². The molecule has 2 aliphatic heterocycles. The summed E-state index contributed by atoms with van der Waals surface area (Å²) in [5.41, 5.74) is 9.50. The lowest BCUT2D eigenvalue weighted by Gasteiger charge is -2.32. The first-order chi connectivity index (χ1) is 15.9. The number of nitrogens with one attached hydrogen (secondary N) is 1. The SMILES string of the molecule is CC(=O)N1CCC(CC2C(=O)C(C)(c3cccc(-c4cccc5[nH]ccc45)c3)N=C2N)CC1. The number of piperidine rings is 1. The number of aromatic nitrogens is 1. The molecule has 3 aromatic rings. The third-order valence-electron chi connectivity index (χ3n) is 7.47. The van der Waals surface area contributed by atoms with Gasteiger partial charge in [0.1, 0.15) is 11.4 Å². The van der Waals surface area contributed by atoms with Gasteiger partial charge in [-0.2, -0.15) is 0 Å². The Morgan fingerprint density at radius 3 is 2.70 bits per heavy atom. The van der Waals surface area contributed by atoms with Crippen LogP contribution in [0.4, 0.5) is 0 Å². The Kier molecular flexibility index (Phi) is 5.31. The summed E-state index contributed by atoms with van der Waals surface area (Å²) in [6.07, 6.45) is 4.46. The summed E-state index contributed by atoms with van der Waals surface area (Å²) < 4.78 is 0. The van der Waals surface area contributed by atoms with Gasteiger partial charge in [0.05, 0.1) is 5.92 Å². The molecule has 1 saturated heterocycles. The number of carbonyl (C=O) groups is 2. The lowest BCUT2D eigenvalue weighted by molar-refractivity contribution is -0.130. The smallest absolute Gasteiger partial charge is 0.219 e. The largest absolute Gasteiger partial charge is 0.387 e. The van der Waals surface area contributed by atoms with E-state index in [1.165, 1.54) is 0 Å². The summed E-state index contributed by atoms with van der Waals surface area (Å²) in [5, 5.41) is 1.15. The molecule has 0 aliphatic carbocycles. The van der Waals surface area contributed by atoms with Gasteiger partial charge in [-0.3, -0.25) is 14.6 Å². The van der Waals surface area contributed by atoms with Gasteiger partial charge in [-0.1, -0.05) is 30.3 Å². The molecular formula is C27H30N4O2. The monoisotopic (exact) mass is 442 g/mol. The number of hydrogen-bond donors (Lipinski definition) is 2. The molecule has 0 bridgehead atoms. The number of amidine groups is 1. The first-order valence-corrected chi connectivity index (χ1v) is 11.7. The molecule has 1 fully saturated rings. The highest BCUT2D eigenvalue weighted by Gasteiger charge is 2.47. The average molecular weight is 443 g/mol. The molecule has 2 unspecified atom stereocenters. The zero-order valence-corrected chi connectivity index (χ0v) is 19.2. The zero-order valence-electron chi connectivity index (χ0n) is 19.2. The van der Waals surface area contributed by atoms with Crippen molar-refractivity contribution in [2.24, 2.45) is 22.6 Å². The minimum Gasteiger partial charge on any atom is -0.387 e. The van der Waals surface area contributed by atoms with E-state index < -0.39 is 5.54 Å². The molecule has 6 heteroatoms. The molecule has 3 N–H and O–H groups in total. The fraction of sp³-hybridized carbons (Fsp3) is 0.370. The van der Waals surface area contributed by atoms with Gasteiger partial charge in [-0.05, 0) is 67.0 Å². The van der Waals surface area contributed by atoms with E-state index in [-0.39, 0.29) is 17.6 Å². The standard InChI is InChI=1S/C27H30N4O2/c1-17(32)31-13-10-18(11-14-31)15-23-25(33)27(2,30-26(23)28)20-6-3-5-19(16-20)21-7-4-8-24-22(21)9-12-29-24/h3-9,12,16,18,23,29H,10-11,13-15H2,1-2H3,(H2,28,30). The van der Waals surface area contributed by atoms with Crippen molar-refractivity contribution >= 4 is 28.4 Å². The Hall–Kier alpha value is -3.41. The second kappa shape index (κ2) is 8.18. The molecule has 1 aromatic heterocycles. The van der Waals surface area contributed by atoms with Crippen molar-refractivity contribution in [3.8, 4) is 11.1 Å². The minimum atomic E-state index is -0.975. The number of H-pyrrole nitrogens is 1. The van der Waals surface area contributed by atoms with E-state index in [9.17, 15) is 9.59 Å². The van der Waals surface area contributed by atoms with E-state index in [2.05, 4.69) is 35.3 Å². The van der Waals surface area contributed by atoms with Crippen LogP contribution in [0.1, 0.15) is 38.7 Å². The molecule has 2 aliphatic rings. The maximum Gasteiger partial charge on any atom is 0.219 e. The first kappa shape index (κ1) is 21.4. The molecule has 33 heavy (non-hydrogen) atoms. The van der Waals surface area contributed by atoms with Crippen LogP contribution < -0.4 is 5.73 Å². The van der Waals surface area contributed by atoms with Crippen LogP contribution >= 0.6 is 0 Å². The Balaban J connectivity index is 1.39. The van der Waals surface area contributed by atoms with Gasteiger partial charge >= 0.3 is 0 Å². The van der Waals surface area contributed by atoms with Crippen LogP contribution in [0, 0.1) is 11.8 Å². The molecule has 0 saturated carbocycles. The summed E-state index contributed by atoms with van der Waals surface area (Å²) in [6, 6.07) is 16.4. The number of hydrogen-bond acceptors (Lipinski definition) is 4. The van der Waals surface area contributed by atoms with E-state index >= 15 is 0 Å². The van der Waals surface area contributed by atoms with Gasteiger partial charge in [0.15, 0.2) is 5.78 Å². The van der Waals surface area contributed by atoms with Crippen molar-refractivity contribution in [1.29, 1.82) is 0 Å². The number of ketones is 1. The van der Waals surface area contributed by atoms with Crippen molar-refractivity contribution in [3.63, 3.8) is 0 Å². The fourth-order valence-electron chi connectivity index (χ4n) is 5.44. The van der Waals surface area contributed by atoms with Crippen molar-refractivity contribution in [1.82, 2.24) is 9.88 Å². The molecule has 2 aromatic carbocycles. The van der Waals surface area contributed by atoms with Crippen LogP contribution in [0.15, 0.2) is 59.7 Å². The van der Waals surface area contributed by atoms with Crippen LogP contribution in [0.25, 0.3) is 22.0 Å². The summed E-state index contributed by atoms with van der Waals surface area (Å²) >= 11 is 0. The van der Waals surface area contributed by atoms with Gasteiger partial charge in [-0.25, -0.2) is 0 Å². The normalized spacial score (nSPS) is 23.8. The molecule has 0 radical (unpaired) electrons. The number of nitrogens with zero attached hydrogens (tertiary/aromatic N) is 2. The Labute approximate surface area is 193 Å². The maximum absolute atomic E-state index is 13.6. The van der Waals surface area contributed by atoms with Crippen LogP contribution in [-0.2, 0) is 15.1 Å². The van der Waals surface area contributed by atoms with Crippen molar-refractivity contribution < 1.29 is 9.59 Å². The number of benzene rings is 2. The van der Waals surface area contributed by atoms with Crippen LogP contribution in [-0.4, -0.2) is 40.5 Å². The predicted molar refractivity (Wildman–Crippen MR) is 131 cm³/mol. The first-order valence-electron chi connectivity index (χ1n) is 11.7. The Bertz CT molecular complexity index is 1250. The fourth-order valence-corrected chi connectivity index (χ4v) is 5.44. The highest BCUT2D eigenvalue weighted by Crippen LogP contribution is 2.40. The lowest BCUT2D eigenvalue weighted by atomic mass is 9.79. The third kappa shape index (κ3) is 3.73. The number of carbonyl (C=O) groups excluding carboxylic acids is 2. The number of aliphatic imine (C=N–C) groups is 1. The topological polar surface area (TPSA) is 91.5 Å². The quantitative estimate of drug-likeness (QED) is 0.633. The lowest BCUT2D eigenvalue weighted by Crippen LogP contribution is -2.39. The van der Waals surface area contributed by atoms with Crippen LogP contribution in [0.5, 0.6) is 0 Å². The summed E-state index contributed by atoms with van der Waals surface area (Å²) in [7, 11) is 0. The van der Waals surface area contributed by atoms with E-state index in [1.807, 2.05) is 36.2 Å². The van der Waals surface area contributed by atoms with Crippen LogP contribution in [0.3, 0.4) is 0 Å². The third-order valence-corrected chi connectivity index (χ3v) is 7.47. The van der Waals surface area contributed by atoms with Gasteiger partial charge in [0.2, 0.25) is 5.91 Å². The highest BCUT2D eigenvalue weighted by atomic mass is 16.2. The van der Waals surface area contributed by atoms with Gasteiger partial charge < -0.3 is 15.6 Å². The van der Waals surface area contributed by atoms with Crippen molar-refractivity contribution in [2.75, 3.05) is 13.1 Å². The Morgan fingerprint density at radius 1 is 1.18 bits per heavy atom. The molecular weight excluding hydrogens is 412 g/mol. The molecule has 2 atom stereocenters. The predicted octanol–water partition coefficient (Wildman–Crippen LogP) is 4.25. The molecule has 3 heterocycles. The summed E-state index contributed by atoms with van der Waals surface area (Å²) in [5.74, 6) is 0.652. The molecule has 5 rings (SSSR count). The average Bonchev–Trinajstić information content (AvgIpc) is 3.38. The van der Waals surface area contributed by atoms with E-state index in [4.69, 9.17) is 10.7 Å². The second-order valence-electron chi connectivity index (χ2n) is 9.54. The Morgan fingerprint density at radius 2 is 1.94 bits per heavy atom. The number of amides is 1. The van der Waals surface area contributed by atoms with Gasteiger partial charge in [0, 0.05) is 37.1 Å². The summed E-state index contributed by atoms with van der Waals surface area (Å²) in [6.45, 7) is 5.00.